The van der Waals surface area contributed by atoms with Crippen molar-refractivity contribution in [1.82, 2.24) is 19.7 Å². The first-order valence-corrected chi connectivity index (χ1v) is 10.8. The van der Waals surface area contributed by atoms with Gasteiger partial charge in [0.15, 0.2) is 0 Å². The lowest BCUT2D eigenvalue weighted by molar-refractivity contribution is -0.227. The Hall–Kier alpha value is -2.69. The Balaban J connectivity index is 1.76. The van der Waals surface area contributed by atoms with Gasteiger partial charge in [-0.2, -0.15) is 18.3 Å². The topological polar surface area (TPSA) is 60.2 Å². The quantitative estimate of drug-likeness (QED) is 0.438. The summed E-state index contributed by atoms with van der Waals surface area (Å²) >= 11 is 12.5. The highest BCUT2D eigenvalue weighted by Crippen LogP contribution is 2.43. The average Bonchev–Trinajstić information content (AvgIpc) is 3.28. The van der Waals surface area contributed by atoms with Gasteiger partial charge in [-0.25, -0.2) is 14.1 Å². The lowest BCUT2D eigenvalue weighted by atomic mass is 9.84. The van der Waals surface area contributed by atoms with Gasteiger partial charge in [0.25, 0.3) is 5.91 Å². The number of morpholine rings is 1. The molecule has 0 spiro atoms. The molecule has 3 atom stereocenters. The van der Waals surface area contributed by atoms with Crippen LogP contribution in [0.5, 0.6) is 0 Å². The number of alkyl halides is 4. The molecule has 0 N–H and O–H groups in total. The summed E-state index contributed by atoms with van der Waals surface area (Å²) in [6.45, 7) is 1.17. The Morgan fingerprint density at radius 2 is 1.91 bits per heavy atom. The van der Waals surface area contributed by atoms with Crippen molar-refractivity contribution < 1.29 is 27.1 Å². The van der Waals surface area contributed by atoms with E-state index in [1.165, 1.54) is 28.3 Å². The summed E-state index contributed by atoms with van der Waals surface area (Å²) < 4.78 is 61.1. The Morgan fingerprint density at radius 1 is 1.21 bits per heavy atom. The molecule has 0 aliphatic carbocycles. The Bertz CT molecular complexity index is 1170. The van der Waals surface area contributed by atoms with Crippen LogP contribution >= 0.6 is 23.2 Å². The number of hydrogen-bond acceptors (Lipinski definition) is 4. The van der Waals surface area contributed by atoms with Gasteiger partial charge in [-0.1, -0.05) is 29.3 Å². The molecule has 0 radical (unpaired) electrons. The van der Waals surface area contributed by atoms with Gasteiger partial charge in [0.05, 0.1) is 24.7 Å². The zero-order chi connectivity index (χ0) is 24.7. The first kappa shape index (κ1) is 24.4. The maximum Gasteiger partial charge on any atom is 0.416 e. The van der Waals surface area contributed by atoms with Crippen LogP contribution in [-0.2, 0) is 23.1 Å². The minimum absolute atomic E-state index is 0.0224. The van der Waals surface area contributed by atoms with Gasteiger partial charge in [-0.05, 0) is 43.3 Å². The summed E-state index contributed by atoms with van der Waals surface area (Å²) in [6, 6.07) is 7.56. The molecule has 2 heterocycles. The molecule has 1 unspecified atom stereocenters. The first-order chi connectivity index (χ1) is 16.0. The van der Waals surface area contributed by atoms with Crippen LogP contribution in [0.25, 0.3) is 0 Å². The van der Waals surface area contributed by atoms with Crippen LogP contribution in [0.3, 0.4) is 0 Å². The highest BCUT2D eigenvalue weighted by atomic mass is 35.5. The molecule has 1 amide bonds. The van der Waals surface area contributed by atoms with Crippen LogP contribution < -0.4 is 0 Å². The predicted octanol–water partition coefficient (Wildman–Crippen LogP) is 5.36. The number of benzene rings is 2. The number of halogens is 6. The molecule has 1 fully saturated rings. The molecule has 3 aromatic rings. The van der Waals surface area contributed by atoms with Gasteiger partial charge in [-0.3, -0.25) is 4.79 Å². The molecule has 34 heavy (non-hydrogen) atoms. The summed E-state index contributed by atoms with van der Waals surface area (Å²) in [6.07, 6.45) is -3.76. The molecule has 0 bridgehead atoms. The van der Waals surface area contributed by atoms with Gasteiger partial charge >= 0.3 is 6.18 Å². The summed E-state index contributed by atoms with van der Waals surface area (Å²) in [5, 5.41) is 4.61. The fourth-order valence-corrected chi connectivity index (χ4v) is 4.65. The number of ether oxygens (including phenoxy) is 1. The number of carbonyl (C=O) groups is 1. The third kappa shape index (κ3) is 4.62. The molecular formula is C22H18Cl2F4N4O2. The molecule has 6 nitrogen and oxygen atoms in total. The fourth-order valence-electron chi connectivity index (χ4n) is 4.09. The van der Waals surface area contributed by atoms with Gasteiger partial charge in [0.1, 0.15) is 18.3 Å². The Labute approximate surface area is 202 Å². The van der Waals surface area contributed by atoms with Crippen molar-refractivity contribution in [3.8, 4) is 0 Å². The van der Waals surface area contributed by atoms with E-state index >= 15 is 4.39 Å². The van der Waals surface area contributed by atoms with Crippen molar-refractivity contribution in [1.29, 1.82) is 0 Å². The minimum Gasteiger partial charge on any atom is -0.331 e. The second-order valence-corrected chi connectivity index (χ2v) is 8.69. The number of hydrogen-bond donors (Lipinski definition) is 0. The standard InChI is InChI=1S/C22H18Cl2F4N4O2/c1-13-21(10-31-12-29-11-30-31,17-7-6-16(23)8-18(17)24)34-19(25)9-32(13)20(33)14-2-4-15(5-3-14)22(26,27)28/h2-8,11-13,19H,9-10H2,1H3/t13-,19?,21-/m1/s1. The molecule has 1 aliphatic heterocycles. The van der Waals surface area contributed by atoms with Gasteiger partial charge < -0.3 is 9.64 Å². The van der Waals surface area contributed by atoms with Gasteiger partial charge in [0, 0.05) is 21.2 Å². The molecule has 4 rings (SSSR count). The van der Waals surface area contributed by atoms with Crippen molar-refractivity contribution in [2.24, 2.45) is 0 Å². The van der Waals surface area contributed by atoms with E-state index < -0.39 is 42.2 Å². The highest BCUT2D eigenvalue weighted by Gasteiger charge is 2.51. The molecular weight excluding hydrogens is 499 g/mol. The van der Waals surface area contributed by atoms with Crippen molar-refractivity contribution in [2.75, 3.05) is 6.54 Å². The Kier molecular flexibility index (Phi) is 6.58. The van der Waals surface area contributed by atoms with Crippen molar-refractivity contribution in [3.05, 3.63) is 81.9 Å². The smallest absolute Gasteiger partial charge is 0.331 e. The third-order valence-corrected chi connectivity index (χ3v) is 6.34. The summed E-state index contributed by atoms with van der Waals surface area (Å²) in [7, 11) is 0. The van der Waals surface area contributed by atoms with Crippen molar-refractivity contribution >= 4 is 29.1 Å². The van der Waals surface area contributed by atoms with E-state index in [2.05, 4.69) is 10.1 Å². The lowest BCUT2D eigenvalue weighted by Crippen LogP contribution is -2.62. The second kappa shape index (κ2) is 9.16. The van der Waals surface area contributed by atoms with E-state index in [9.17, 15) is 18.0 Å². The number of carbonyl (C=O) groups excluding carboxylic acids is 1. The van der Waals surface area contributed by atoms with E-state index in [0.717, 1.165) is 24.3 Å². The van der Waals surface area contributed by atoms with E-state index in [1.807, 2.05) is 0 Å². The first-order valence-electron chi connectivity index (χ1n) is 10.1. The third-order valence-electron chi connectivity index (χ3n) is 5.79. The van der Waals surface area contributed by atoms with Crippen LogP contribution in [0, 0.1) is 0 Å². The normalized spacial score (nSPS) is 23.2. The fraction of sp³-hybridized carbons (Fsp3) is 0.318. The second-order valence-electron chi connectivity index (χ2n) is 7.84. The van der Waals surface area contributed by atoms with Crippen LogP contribution in [0.1, 0.15) is 28.4 Å². The maximum absolute atomic E-state index is 15.0. The zero-order valence-electron chi connectivity index (χ0n) is 17.6. The Morgan fingerprint density at radius 3 is 2.50 bits per heavy atom. The van der Waals surface area contributed by atoms with E-state index in [1.54, 1.807) is 19.1 Å². The van der Waals surface area contributed by atoms with Gasteiger partial charge in [-0.15, -0.1) is 0 Å². The van der Waals surface area contributed by atoms with E-state index in [4.69, 9.17) is 27.9 Å². The molecule has 180 valence electrons. The summed E-state index contributed by atoms with van der Waals surface area (Å²) in [5.74, 6) is -0.653. The molecule has 0 saturated carbocycles. The predicted molar refractivity (Wildman–Crippen MR) is 116 cm³/mol. The van der Waals surface area contributed by atoms with Crippen molar-refractivity contribution in [3.63, 3.8) is 0 Å². The van der Waals surface area contributed by atoms with Crippen LogP contribution in [0.4, 0.5) is 17.6 Å². The summed E-state index contributed by atoms with van der Waals surface area (Å²) in [5.41, 5.74) is -2.05. The summed E-state index contributed by atoms with van der Waals surface area (Å²) in [4.78, 5) is 18.4. The molecule has 1 aliphatic rings. The number of nitrogens with zero attached hydrogens (tertiary/aromatic N) is 4. The minimum atomic E-state index is -4.55. The van der Waals surface area contributed by atoms with E-state index in [0.29, 0.717) is 10.6 Å². The van der Waals surface area contributed by atoms with E-state index in [-0.39, 0.29) is 17.1 Å². The SMILES string of the molecule is C[C@H]1N(C(=O)c2ccc(C(F)(F)F)cc2)CC(F)O[C@@]1(Cn1cncn1)c1ccc(Cl)cc1Cl. The number of aromatic nitrogens is 3. The van der Waals surface area contributed by atoms with Gasteiger partial charge in [0.2, 0.25) is 6.36 Å². The van der Waals surface area contributed by atoms with Crippen LogP contribution in [0.2, 0.25) is 10.0 Å². The zero-order valence-corrected chi connectivity index (χ0v) is 19.2. The highest BCUT2D eigenvalue weighted by molar-refractivity contribution is 6.35. The molecule has 12 heteroatoms. The monoisotopic (exact) mass is 516 g/mol. The lowest BCUT2D eigenvalue weighted by Gasteiger charge is -2.49. The number of rotatable bonds is 4. The average molecular weight is 517 g/mol. The van der Waals surface area contributed by atoms with Crippen molar-refractivity contribution in [2.45, 2.75) is 37.6 Å². The maximum atomic E-state index is 15.0. The van der Waals surface area contributed by atoms with Crippen LogP contribution in [-0.4, -0.2) is 44.5 Å². The molecule has 1 aromatic heterocycles. The van der Waals surface area contributed by atoms with Crippen LogP contribution in [0.15, 0.2) is 55.1 Å². The molecule has 1 saturated heterocycles. The number of amides is 1. The largest absolute Gasteiger partial charge is 0.416 e. The molecule has 2 aromatic carbocycles.